The van der Waals surface area contributed by atoms with E-state index in [0.717, 1.165) is 45.3 Å². The number of furan rings is 1. The molecule has 1 radical (unpaired) electrons. The molecule has 5 heterocycles. The summed E-state index contributed by atoms with van der Waals surface area (Å²) in [7, 11) is -1.34. The number of hydrogen-bond acceptors (Lipinski definition) is 5. The van der Waals surface area contributed by atoms with Gasteiger partial charge in [0.2, 0.25) is 11.7 Å². The third-order valence-electron chi connectivity index (χ3n) is 10.5. The zero-order valence-corrected chi connectivity index (χ0v) is 38.7. The molecule has 0 unspecified atom stereocenters. The van der Waals surface area contributed by atoms with Gasteiger partial charge in [0.1, 0.15) is 5.71 Å². The van der Waals surface area contributed by atoms with E-state index in [-0.39, 0.29) is 31.2 Å². The minimum Gasteiger partial charge on any atom is -0.467 e. The molecule has 0 aliphatic heterocycles. The molecular formula is C51H48FIrN5OSi-2. The summed E-state index contributed by atoms with van der Waals surface area (Å²) in [5.41, 5.74) is 11.1. The van der Waals surface area contributed by atoms with Gasteiger partial charge in [-0.25, -0.2) is 0 Å². The molecule has 9 aromatic rings. The van der Waals surface area contributed by atoms with Crippen molar-refractivity contribution in [2.45, 2.75) is 66.1 Å². The van der Waals surface area contributed by atoms with Crippen LogP contribution in [0, 0.1) is 24.1 Å². The first-order valence-corrected chi connectivity index (χ1v) is 23.7. The van der Waals surface area contributed by atoms with Crippen LogP contribution >= 0.6 is 0 Å². The Labute approximate surface area is 366 Å². The predicted molar refractivity (Wildman–Crippen MR) is 242 cm³/mol. The molecule has 0 amide bonds. The maximum Gasteiger partial charge on any atom is 0.220 e. The Morgan fingerprint density at radius 1 is 0.767 bits per heavy atom. The standard InChI is InChI=1S/C33H24FN4O.C18H24NSi.Ir/c1-33(2,3)25-18-21(20-9-5-4-6-10-20)13-15-27(25)38-28-12-8-7-11-26(28)36-30(38)22-17-24-23-14-16-29(34)37-32(23)39-31(24)35-19-22;1-14(2)11-16-12-17(15-9-7-6-8-10-15)19-13-18(16)20(3,4)5;/h4-18H,1-3H3;6-9,12-14H,11H2,1-5H3;/q2*-1;. The van der Waals surface area contributed by atoms with Gasteiger partial charge in [0.05, 0.1) is 24.9 Å². The molecule has 0 aliphatic carbocycles. The first kappa shape index (κ1) is 42.5. The van der Waals surface area contributed by atoms with E-state index in [1.807, 2.05) is 48.5 Å². The third kappa shape index (κ3) is 8.80. The van der Waals surface area contributed by atoms with Crippen LogP contribution in [0.15, 0.2) is 132 Å². The monoisotopic (exact) mass is 986 g/mol. The van der Waals surface area contributed by atoms with Crippen LogP contribution in [0.2, 0.25) is 19.6 Å². The Hall–Kier alpha value is -5.60. The fourth-order valence-electron chi connectivity index (χ4n) is 7.66. The molecule has 5 aromatic heterocycles. The normalized spacial score (nSPS) is 11.8. The Balaban J connectivity index is 0.000000220. The van der Waals surface area contributed by atoms with Crippen molar-refractivity contribution in [3.8, 4) is 39.5 Å². The number of halogens is 1. The van der Waals surface area contributed by atoms with E-state index in [2.05, 4.69) is 153 Å². The zero-order valence-electron chi connectivity index (χ0n) is 35.3. The summed E-state index contributed by atoms with van der Waals surface area (Å²) in [6.07, 6.45) is 6.36. The van der Waals surface area contributed by atoms with Crippen LogP contribution in [-0.2, 0) is 31.9 Å². The Bertz CT molecular complexity index is 2930. The molecule has 0 bridgehead atoms. The second-order valence-corrected chi connectivity index (χ2v) is 22.6. The number of imidazole rings is 1. The van der Waals surface area contributed by atoms with Crippen LogP contribution in [0.25, 0.3) is 72.7 Å². The summed E-state index contributed by atoms with van der Waals surface area (Å²) < 4.78 is 21.6. The first-order valence-electron chi connectivity index (χ1n) is 20.2. The fourth-order valence-corrected chi connectivity index (χ4v) is 9.25. The summed E-state index contributed by atoms with van der Waals surface area (Å²) >= 11 is 0. The largest absolute Gasteiger partial charge is 0.467 e. The minimum absolute atomic E-state index is 0. The number of aromatic nitrogens is 5. The van der Waals surface area contributed by atoms with Crippen molar-refractivity contribution in [1.29, 1.82) is 0 Å². The van der Waals surface area contributed by atoms with Gasteiger partial charge in [-0.3, -0.25) is 4.98 Å². The van der Waals surface area contributed by atoms with Gasteiger partial charge in [-0.05, 0) is 93.3 Å². The topological polar surface area (TPSA) is 69.6 Å². The molecule has 0 atom stereocenters. The summed E-state index contributed by atoms with van der Waals surface area (Å²) in [5, 5.41) is 2.92. The summed E-state index contributed by atoms with van der Waals surface area (Å²) in [4.78, 5) is 18.0. The van der Waals surface area contributed by atoms with E-state index in [9.17, 15) is 4.39 Å². The number of hydrogen-bond donors (Lipinski definition) is 0. The quantitative estimate of drug-likeness (QED) is 0.0904. The van der Waals surface area contributed by atoms with Crippen LogP contribution in [0.5, 0.6) is 0 Å². The Morgan fingerprint density at radius 2 is 1.52 bits per heavy atom. The summed E-state index contributed by atoms with van der Waals surface area (Å²) in [6, 6.07) is 43.7. The maximum atomic E-state index is 13.7. The van der Waals surface area contributed by atoms with Gasteiger partial charge in [-0.15, -0.1) is 42.0 Å². The second kappa shape index (κ2) is 17.2. The van der Waals surface area contributed by atoms with Gasteiger partial charge in [-0.1, -0.05) is 120 Å². The number of benzene rings is 4. The van der Waals surface area contributed by atoms with Crippen molar-refractivity contribution in [2.75, 3.05) is 0 Å². The van der Waals surface area contributed by atoms with Gasteiger partial charge >= 0.3 is 0 Å². The third-order valence-corrected chi connectivity index (χ3v) is 12.5. The van der Waals surface area contributed by atoms with Crippen LogP contribution in [-0.4, -0.2) is 32.6 Å². The summed E-state index contributed by atoms with van der Waals surface area (Å²) in [5.74, 6) is 0.786. The minimum atomic E-state index is -1.34. The van der Waals surface area contributed by atoms with E-state index in [1.165, 1.54) is 27.9 Å². The Kier molecular flexibility index (Phi) is 12.2. The smallest absolute Gasteiger partial charge is 0.220 e. The number of rotatable bonds is 7. The number of para-hydroxylation sites is 2. The molecule has 0 fully saturated rings. The van der Waals surface area contributed by atoms with Gasteiger partial charge in [-0.2, -0.15) is 9.37 Å². The molecule has 0 spiro atoms. The van der Waals surface area contributed by atoms with Crippen molar-refractivity contribution >= 4 is 46.5 Å². The second-order valence-electron chi connectivity index (χ2n) is 17.5. The number of nitrogens with zero attached hydrogens (tertiary/aromatic N) is 5. The molecule has 305 valence electrons. The molecule has 0 saturated carbocycles. The van der Waals surface area contributed by atoms with Crippen molar-refractivity contribution in [2.24, 2.45) is 5.92 Å². The first-order chi connectivity index (χ1) is 28.2. The van der Waals surface area contributed by atoms with Crippen LogP contribution < -0.4 is 5.19 Å². The Morgan fingerprint density at radius 3 is 2.23 bits per heavy atom. The molecule has 0 saturated heterocycles. The van der Waals surface area contributed by atoms with Crippen molar-refractivity contribution < 1.29 is 28.9 Å². The molecule has 0 aliphatic rings. The maximum absolute atomic E-state index is 13.7. The van der Waals surface area contributed by atoms with Gasteiger partial charge in [0, 0.05) is 37.4 Å². The van der Waals surface area contributed by atoms with E-state index < -0.39 is 14.0 Å². The van der Waals surface area contributed by atoms with E-state index in [4.69, 9.17) is 9.40 Å². The van der Waals surface area contributed by atoms with Crippen LogP contribution in [0.1, 0.15) is 45.7 Å². The molecule has 0 N–H and O–H groups in total. The van der Waals surface area contributed by atoms with E-state index in [1.54, 1.807) is 6.07 Å². The van der Waals surface area contributed by atoms with Gasteiger partial charge in [0.15, 0.2) is 0 Å². The van der Waals surface area contributed by atoms with Crippen molar-refractivity contribution in [3.05, 3.63) is 157 Å². The molecule has 6 nitrogen and oxygen atoms in total. The SMILES string of the molecule is CC(C)(C)c1cc(-c2ccccc2)ccc1-n1c(-c2[c-]nc3oc4nc(F)ccc4c3c2)nc2ccccc21.CC(C)Cc1cc(-c2[c-]cccc2)ncc1[Si](C)(C)C.[Ir]. The molecule has 9 rings (SSSR count). The fraction of sp³-hybridized carbons (Fsp3) is 0.216. The van der Waals surface area contributed by atoms with Crippen molar-refractivity contribution in [1.82, 2.24) is 24.5 Å². The van der Waals surface area contributed by atoms with Crippen LogP contribution in [0.3, 0.4) is 0 Å². The molecule has 9 heteroatoms. The van der Waals surface area contributed by atoms with Crippen LogP contribution in [0.4, 0.5) is 4.39 Å². The average molecular weight is 986 g/mol. The zero-order chi connectivity index (χ0) is 41.5. The number of fused-ring (bicyclic) bond motifs is 4. The van der Waals surface area contributed by atoms with Crippen molar-refractivity contribution in [3.63, 3.8) is 0 Å². The molecular weight excluding hydrogens is 938 g/mol. The average Bonchev–Trinajstić information content (AvgIpc) is 3.78. The molecule has 4 aromatic carbocycles. The van der Waals surface area contributed by atoms with E-state index in [0.29, 0.717) is 28.4 Å². The molecule has 60 heavy (non-hydrogen) atoms. The predicted octanol–water partition coefficient (Wildman–Crippen LogP) is 12.6. The summed E-state index contributed by atoms with van der Waals surface area (Å²) in [6.45, 7) is 18.4. The van der Waals surface area contributed by atoms with Gasteiger partial charge in [0.25, 0.3) is 0 Å². The number of pyridine rings is 3. The van der Waals surface area contributed by atoms with E-state index >= 15 is 0 Å². The van der Waals surface area contributed by atoms with Gasteiger partial charge < -0.3 is 19.0 Å².